The van der Waals surface area contributed by atoms with E-state index in [4.69, 9.17) is 0 Å². The molecule has 1 aromatic rings. The SMILES string of the molecule is CC(=O)NCCNC(=O)Nc1ccc(N2CCCC2)c(F)c1. The maximum Gasteiger partial charge on any atom is 0.319 e. The number of carbonyl (C=O) groups excluding carboxylic acids is 2. The van der Waals surface area contributed by atoms with Crippen molar-refractivity contribution in [1.29, 1.82) is 0 Å². The molecule has 3 amide bonds. The molecule has 0 atom stereocenters. The fourth-order valence-corrected chi connectivity index (χ4v) is 2.39. The normalized spacial score (nSPS) is 13.8. The zero-order valence-electron chi connectivity index (χ0n) is 12.6. The van der Waals surface area contributed by atoms with Crippen LogP contribution in [-0.4, -0.2) is 38.1 Å². The molecule has 1 saturated heterocycles. The van der Waals surface area contributed by atoms with E-state index in [1.54, 1.807) is 12.1 Å². The minimum atomic E-state index is -0.432. The maximum atomic E-state index is 14.1. The van der Waals surface area contributed by atoms with Gasteiger partial charge in [0.25, 0.3) is 0 Å². The Morgan fingerprint density at radius 1 is 1.18 bits per heavy atom. The molecule has 120 valence electrons. The van der Waals surface area contributed by atoms with Crippen LogP contribution in [0.2, 0.25) is 0 Å². The minimum Gasteiger partial charge on any atom is -0.369 e. The van der Waals surface area contributed by atoms with E-state index in [1.807, 2.05) is 4.90 Å². The van der Waals surface area contributed by atoms with E-state index in [0.717, 1.165) is 25.9 Å². The lowest BCUT2D eigenvalue weighted by Crippen LogP contribution is -2.36. The van der Waals surface area contributed by atoms with Crippen LogP contribution in [0.4, 0.5) is 20.6 Å². The van der Waals surface area contributed by atoms with Crippen LogP contribution >= 0.6 is 0 Å². The van der Waals surface area contributed by atoms with Gasteiger partial charge in [-0.15, -0.1) is 0 Å². The average molecular weight is 308 g/mol. The van der Waals surface area contributed by atoms with E-state index in [0.29, 0.717) is 24.5 Å². The van der Waals surface area contributed by atoms with Crippen molar-refractivity contribution in [3.63, 3.8) is 0 Å². The maximum absolute atomic E-state index is 14.1. The molecule has 22 heavy (non-hydrogen) atoms. The Kier molecular flexibility index (Phi) is 5.57. The second kappa shape index (κ2) is 7.63. The fourth-order valence-electron chi connectivity index (χ4n) is 2.39. The highest BCUT2D eigenvalue weighted by molar-refractivity contribution is 5.89. The topological polar surface area (TPSA) is 73.5 Å². The van der Waals surface area contributed by atoms with Crippen LogP contribution in [0, 0.1) is 5.82 Å². The van der Waals surface area contributed by atoms with E-state index in [1.165, 1.54) is 13.0 Å². The zero-order chi connectivity index (χ0) is 15.9. The van der Waals surface area contributed by atoms with Gasteiger partial charge in [-0.05, 0) is 31.0 Å². The van der Waals surface area contributed by atoms with Gasteiger partial charge >= 0.3 is 6.03 Å². The number of carbonyl (C=O) groups is 2. The van der Waals surface area contributed by atoms with Crippen molar-refractivity contribution < 1.29 is 14.0 Å². The highest BCUT2D eigenvalue weighted by Crippen LogP contribution is 2.25. The first-order chi connectivity index (χ1) is 10.6. The van der Waals surface area contributed by atoms with Gasteiger partial charge in [0.1, 0.15) is 5.82 Å². The molecule has 0 radical (unpaired) electrons. The van der Waals surface area contributed by atoms with Gasteiger partial charge in [0.2, 0.25) is 5.91 Å². The summed E-state index contributed by atoms with van der Waals surface area (Å²) in [4.78, 5) is 24.3. The first kappa shape index (κ1) is 16.1. The van der Waals surface area contributed by atoms with Gasteiger partial charge in [0.05, 0.1) is 5.69 Å². The number of hydrogen-bond donors (Lipinski definition) is 3. The summed E-state index contributed by atoms with van der Waals surface area (Å²) < 4.78 is 14.1. The molecule has 0 unspecified atom stereocenters. The predicted molar refractivity (Wildman–Crippen MR) is 83.6 cm³/mol. The molecule has 3 N–H and O–H groups in total. The second-order valence-corrected chi connectivity index (χ2v) is 5.22. The Morgan fingerprint density at radius 2 is 1.86 bits per heavy atom. The zero-order valence-corrected chi connectivity index (χ0v) is 12.6. The van der Waals surface area contributed by atoms with Gasteiger partial charge in [0, 0.05) is 38.8 Å². The number of halogens is 1. The molecule has 6 nitrogen and oxygen atoms in total. The molecule has 0 spiro atoms. The Bertz CT molecular complexity index is 544. The fraction of sp³-hybridized carbons (Fsp3) is 0.467. The van der Waals surface area contributed by atoms with Crippen molar-refractivity contribution in [2.75, 3.05) is 36.4 Å². The van der Waals surface area contributed by atoms with Crippen molar-refractivity contribution in [3.8, 4) is 0 Å². The van der Waals surface area contributed by atoms with E-state index in [-0.39, 0.29) is 11.7 Å². The van der Waals surface area contributed by atoms with Crippen molar-refractivity contribution in [2.45, 2.75) is 19.8 Å². The van der Waals surface area contributed by atoms with Crippen LogP contribution in [0.25, 0.3) is 0 Å². The summed E-state index contributed by atoms with van der Waals surface area (Å²) in [5.41, 5.74) is 0.978. The second-order valence-electron chi connectivity index (χ2n) is 5.22. The lowest BCUT2D eigenvalue weighted by molar-refractivity contribution is -0.118. The largest absolute Gasteiger partial charge is 0.369 e. The minimum absolute atomic E-state index is 0.151. The van der Waals surface area contributed by atoms with Crippen LogP contribution in [-0.2, 0) is 4.79 Å². The Balaban J connectivity index is 1.83. The van der Waals surface area contributed by atoms with E-state index >= 15 is 0 Å². The summed E-state index contributed by atoms with van der Waals surface area (Å²) in [7, 11) is 0. The molecule has 1 fully saturated rings. The Hall–Kier alpha value is -2.31. The lowest BCUT2D eigenvalue weighted by Gasteiger charge is -2.19. The molecule has 1 aliphatic heterocycles. The van der Waals surface area contributed by atoms with Crippen LogP contribution in [0.3, 0.4) is 0 Å². The summed E-state index contributed by atoms with van der Waals surface area (Å²) >= 11 is 0. The van der Waals surface area contributed by atoms with Gasteiger partial charge in [-0.25, -0.2) is 9.18 Å². The van der Waals surface area contributed by atoms with Crippen LogP contribution in [0.15, 0.2) is 18.2 Å². The van der Waals surface area contributed by atoms with E-state index in [2.05, 4.69) is 16.0 Å². The predicted octanol–water partition coefficient (Wildman–Crippen LogP) is 1.68. The smallest absolute Gasteiger partial charge is 0.319 e. The molecule has 7 heteroatoms. The van der Waals surface area contributed by atoms with Gasteiger partial charge < -0.3 is 20.9 Å². The average Bonchev–Trinajstić information content (AvgIpc) is 2.97. The quantitative estimate of drug-likeness (QED) is 0.725. The number of benzene rings is 1. The highest BCUT2D eigenvalue weighted by atomic mass is 19.1. The summed E-state index contributed by atoms with van der Waals surface area (Å²) in [6.45, 7) is 3.80. The molecular formula is C15H21FN4O2. The van der Waals surface area contributed by atoms with Gasteiger partial charge in [-0.3, -0.25) is 4.79 Å². The molecule has 0 aromatic heterocycles. The van der Waals surface area contributed by atoms with Gasteiger partial charge in [-0.1, -0.05) is 0 Å². The Morgan fingerprint density at radius 3 is 2.50 bits per heavy atom. The molecule has 0 saturated carbocycles. The van der Waals surface area contributed by atoms with Gasteiger partial charge in [-0.2, -0.15) is 0 Å². The molecule has 0 aliphatic carbocycles. The van der Waals surface area contributed by atoms with Crippen molar-refractivity contribution in [1.82, 2.24) is 10.6 Å². The van der Waals surface area contributed by atoms with Crippen molar-refractivity contribution in [2.24, 2.45) is 0 Å². The summed E-state index contributed by atoms with van der Waals surface area (Å²) in [6.07, 6.45) is 2.16. The van der Waals surface area contributed by atoms with Crippen molar-refractivity contribution in [3.05, 3.63) is 24.0 Å². The molecule has 1 heterocycles. The monoisotopic (exact) mass is 308 g/mol. The molecule has 2 rings (SSSR count). The summed E-state index contributed by atoms with van der Waals surface area (Å²) in [5, 5.41) is 7.71. The molecule has 0 bridgehead atoms. The molecule has 1 aromatic carbocycles. The summed E-state index contributed by atoms with van der Waals surface area (Å²) in [5.74, 6) is -0.486. The number of nitrogens with one attached hydrogen (secondary N) is 3. The third-order valence-corrected chi connectivity index (χ3v) is 3.44. The third-order valence-electron chi connectivity index (χ3n) is 3.44. The number of rotatable bonds is 5. The van der Waals surface area contributed by atoms with Crippen LogP contribution in [0.5, 0.6) is 0 Å². The number of urea groups is 1. The standard InChI is InChI=1S/C15H21FN4O2/c1-11(21)17-6-7-18-15(22)19-12-4-5-14(13(16)10-12)20-8-2-3-9-20/h4-5,10H,2-3,6-9H2,1H3,(H,17,21)(H2,18,19,22). The third kappa shape index (κ3) is 4.61. The number of hydrogen-bond acceptors (Lipinski definition) is 3. The number of nitrogens with zero attached hydrogens (tertiary/aromatic N) is 1. The Labute approximate surface area is 129 Å². The number of anilines is 2. The molecule has 1 aliphatic rings. The first-order valence-electron chi connectivity index (χ1n) is 7.40. The van der Waals surface area contributed by atoms with E-state index in [9.17, 15) is 14.0 Å². The highest BCUT2D eigenvalue weighted by Gasteiger charge is 2.16. The van der Waals surface area contributed by atoms with Crippen LogP contribution < -0.4 is 20.9 Å². The van der Waals surface area contributed by atoms with Crippen LogP contribution in [0.1, 0.15) is 19.8 Å². The number of amides is 3. The van der Waals surface area contributed by atoms with E-state index < -0.39 is 6.03 Å². The molecular weight excluding hydrogens is 287 g/mol. The summed E-state index contributed by atoms with van der Waals surface area (Å²) in [6, 6.07) is 4.26. The first-order valence-corrected chi connectivity index (χ1v) is 7.40. The van der Waals surface area contributed by atoms with Crippen molar-refractivity contribution >= 4 is 23.3 Å². The lowest BCUT2D eigenvalue weighted by atomic mass is 10.2. The van der Waals surface area contributed by atoms with Gasteiger partial charge in [0.15, 0.2) is 0 Å².